The monoisotopic (exact) mass is 769 g/mol. The van der Waals surface area contributed by atoms with Crippen molar-refractivity contribution in [1.29, 1.82) is 0 Å². The molecular formula is C58H43NO. The third-order valence-corrected chi connectivity index (χ3v) is 13.7. The van der Waals surface area contributed by atoms with E-state index < -0.39 is 0 Å². The summed E-state index contributed by atoms with van der Waals surface area (Å²) in [7, 11) is 0. The molecule has 0 bridgehead atoms. The Bertz CT molecular complexity index is 3380. The molecule has 0 unspecified atom stereocenters. The number of fused-ring (bicyclic) bond motifs is 10. The summed E-state index contributed by atoms with van der Waals surface area (Å²) in [6.45, 7) is 9.54. The Morgan fingerprint density at radius 1 is 0.367 bits per heavy atom. The lowest BCUT2D eigenvalue weighted by Crippen LogP contribution is -2.18. The number of furan rings is 1. The first-order valence-electron chi connectivity index (χ1n) is 21.1. The molecule has 12 rings (SSSR count). The first-order valence-corrected chi connectivity index (χ1v) is 21.1. The number of para-hydroxylation sites is 2. The van der Waals surface area contributed by atoms with Crippen molar-refractivity contribution in [2.24, 2.45) is 0 Å². The van der Waals surface area contributed by atoms with Crippen LogP contribution < -0.4 is 4.90 Å². The minimum Gasteiger partial charge on any atom is -0.455 e. The Hall–Kier alpha value is -7.16. The van der Waals surface area contributed by atoms with Gasteiger partial charge in [-0.3, -0.25) is 0 Å². The molecule has 2 aliphatic rings. The zero-order chi connectivity index (χ0) is 40.3. The van der Waals surface area contributed by atoms with E-state index >= 15 is 0 Å². The van der Waals surface area contributed by atoms with Gasteiger partial charge in [-0.05, 0) is 115 Å². The van der Waals surface area contributed by atoms with E-state index in [1.165, 1.54) is 77.7 Å². The molecule has 2 aliphatic carbocycles. The summed E-state index contributed by atoms with van der Waals surface area (Å²) in [5, 5.41) is 4.76. The van der Waals surface area contributed by atoms with E-state index in [2.05, 4.69) is 215 Å². The lowest BCUT2D eigenvalue weighted by molar-refractivity contribution is 0.660. The van der Waals surface area contributed by atoms with E-state index in [0.717, 1.165) is 38.9 Å². The minimum atomic E-state index is -0.235. The van der Waals surface area contributed by atoms with Crippen LogP contribution >= 0.6 is 0 Å². The maximum absolute atomic E-state index is 6.50. The Morgan fingerprint density at radius 3 is 1.58 bits per heavy atom. The van der Waals surface area contributed by atoms with E-state index in [9.17, 15) is 0 Å². The van der Waals surface area contributed by atoms with Crippen molar-refractivity contribution in [3.63, 3.8) is 0 Å². The van der Waals surface area contributed by atoms with Crippen LogP contribution in [0.2, 0.25) is 0 Å². The minimum absolute atomic E-state index is 0.179. The number of hydrogen-bond donors (Lipinski definition) is 0. The number of benzene rings is 9. The van der Waals surface area contributed by atoms with E-state index in [1.54, 1.807) is 0 Å². The summed E-state index contributed by atoms with van der Waals surface area (Å²) in [5.41, 5.74) is 20.4. The highest BCUT2D eigenvalue weighted by Gasteiger charge is 2.38. The molecule has 60 heavy (non-hydrogen) atoms. The molecule has 2 nitrogen and oxygen atoms in total. The maximum Gasteiger partial charge on any atom is 0.143 e. The molecule has 10 aromatic rings. The standard InChI is InChI=1S/C58H43NO/c1-57(2)50-32-38(36-14-6-5-7-15-36)24-28-44(50)46-30-26-40(34-52(46)57)59(54-22-12-17-37-16-8-9-18-42(37)54)41-27-31-47-45-29-25-39(33-51(45)58(3,4)53(47)35-41)43-20-13-21-49-48-19-10-11-23-55(48)60-56(43)49/h5-35H,1-4H3. The predicted octanol–water partition coefficient (Wildman–Crippen LogP) is 16.2. The fourth-order valence-electron chi connectivity index (χ4n) is 10.5. The molecule has 0 saturated carbocycles. The van der Waals surface area contributed by atoms with Gasteiger partial charge < -0.3 is 9.32 Å². The number of nitrogens with zero attached hydrogens (tertiary/aromatic N) is 1. The summed E-state index contributed by atoms with van der Waals surface area (Å²) in [5.74, 6) is 0. The molecule has 0 aliphatic heterocycles. The molecule has 1 aromatic heterocycles. The van der Waals surface area contributed by atoms with Gasteiger partial charge in [-0.15, -0.1) is 0 Å². The zero-order valence-electron chi connectivity index (χ0n) is 34.3. The molecule has 1 heterocycles. The molecule has 0 atom stereocenters. The molecular weight excluding hydrogens is 727 g/mol. The van der Waals surface area contributed by atoms with Crippen molar-refractivity contribution in [2.45, 2.75) is 38.5 Å². The van der Waals surface area contributed by atoms with Crippen molar-refractivity contribution in [2.75, 3.05) is 4.90 Å². The van der Waals surface area contributed by atoms with Crippen LogP contribution in [0.3, 0.4) is 0 Å². The van der Waals surface area contributed by atoms with Gasteiger partial charge in [-0.25, -0.2) is 0 Å². The van der Waals surface area contributed by atoms with E-state index in [1.807, 2.05) is 6.07 Å². The average Bonchev–Trinajstić information content (AvgIpc) is 3.86. The predicted molar refractivity (Wildman–Crippen MR) is 252 cm³/mol. The van der Waals surface area contributed by atoms with Gasteiger partial charge in [0.1, 0.15) is 11.2 Å². The molecule has 0 saturated heterocycles. The van der Waals surface area contributed by atoms with Crippen molar-refractivity contribution in [3.8, 4) is 44.5 Å². The SMILES string of the molecule is CC1(C)c2cc(-c3ccccc3)ccc2-c2ccc(N(c3ccc4c(c3)C(C)(C)c3cc(-c5cccc6c5oc5ccccc56)ccc3-4)c3cccc4ccccc34)cc21. The van der Waals surface area contributed by atoms with Crippen LogP contribution in [-0.4, -0.2) is 0 Å². The fraction of sp³-hybridized carbons (Fsp3) is 0.103. The van der Waals surface area contributed by atoms with E-state index in [-0.39, 0.29) is 10.8 Å². The van der Waals surface area contributed by atoms with Crippen molar-refractivity contribution < 1.29 is 4.42 Å². The quantitative estimate of drug-likeness (QED) is 0.173. The van der Waals surface area contributed by atoms with Crippen LogP contribution in [0.1, 0.15) is 49.9 Å². The van der Waals surface area contributed by atoms with Crippen LogP contribution in [-0.2, 0) is 10.8 Å². The summed E-state index contributed by atoms with van der Waals surface area (Å²) in [4.78, 5) is 2.49. The molecule has 286 valence electrons. The van der Waals surface area contributed by atoms with E-state index in [0.29, 0.717) is 0 Å². The highest BCUT2D eigenvalue weighted by atomic mass is 16.3. The Labute approximate surface area is 351 Å². The van der Waals surface area contributed by atoms with Crippen LogP contribution in [0.5, 0.6) is 0 Å². The first-order chi connectivity index (χ1) is 29.3. The molecule has 0 fully saturated rings. The van der Waals surface area contributed by atoms with Crippen molar-refractivity contribution in [1.82, 2.24) is 0 Å². The van der Waals surface area contributed by atoms with Crippen molar-refractivity contribution >= 4 is 49.8 Å². The highest BCUT2D eigenvalue weighted by molar-refractivity contribution is 6.10. The molecule has 2 heteroatoms. The largest absolute Gasteiger partial charge is 0.455 e. The van der Waals surface area contributed by atoms with E-state index in [4.69, 9.17) is 4.42 Å². The van der Waals surface area contributed by atoms with Gasteiger partial charge in [0.2, 0.25) is 0 Å². The van der Waals surface area contributed by atoms with Gasteiger partial charge >= 0.3 is 0 Å². The molecule has 0 N–H and O–H groups in total. The number of anilines is 3. The highest BCUT2D eigenvalue weighted by Crippen LogP contribution is 2.54. The smallest absolute Gasteiger partial charge is 0.143 e. The molecule has 0 spiro atoms. The van der Waals surface area contributed by atoms with Gasteiger partial charge in [-0.2, -0.15) is 0 Å². The topological polar surface area (TPSA) is 16.4 Å². The average molecular weight is 770 g/mol. The number of rotatable bonds is 5. The summed E-state index contributed by atoms with van der Waals surface area (Å²) in [6, 6.07) is 69.3. The van der Waals surface area contributed by atoms with Gasteiger partial charge in [0.25, 0.3) is 0 Å². The third kappa shape index (κ3) is 5.01. The second kappa shape index (κ2) is 12.7. The van der Waals surface area contributed by atoms with Gasteiger partial charge in [0, 0.05) is 43.9 Å². The lowest BCUT2D eigenvalue weighted by Gasteiger charge is -2.30. The molecule has 0 radical (unpaired) electrons. The molecule has 0 amide bonds. The van der Waals surface area contributed by atoms with Gasteiger partial charge in [-0.1, -0.05) is 167 Å². The Morgan fingerprint density at radius 2 is 0.883 bits per heavy atom. The molecule has 9 aromatic carbocycles. The third-order valence-electron chi connectivity index (χ3n) is 13.7. The van der Waals surface area contributed by atoms with Crippen LogP contribution in [0.15, 0.2) is 192 Å². The Kier molecular flexibility index (Phi) is 7.36. The Balaban J connectivity index is 0.989. The maximum atomic E-state index is 6.50. The first kappa shape index (κ1) is 34.8. The second-order valence-electron chi connectivity index (χ2n) is 17.7. The van der Waals surface area contributed by atoms with Crippen LogP contribution in [0, 0.1) is 0 Å². The summed E-state index contributed by atoms with van der Waals surface area (Å²) >= 11 is 0. The van der Waals surface area contributed by atoms with Crippen LogP contribution in [0.25, 0.3) is 77.2 Å². The van der Waals surface area contributed by atoms with Gasteiger partial charge in [0.15, 0.2) is 0 Å². The summed E-state index contributed by atoms with van der Waals surface area (Å²) in [6.07, 6.45) is 0. The summed E-state index contributed by atoms with van der Waals surface area (Å²) < 4.78 is 6.50. The zero-order valence-corrected chi connectivity index (χ0v) is 34.3. The lowest BCUT2D eigenvalue weighted by atomic mass is 9.81. The van der Waals surface area contributed by atoms with Crippen LogP contribution in [0.4, 0.5) is 17.1 Å². The van der Waals surface area contributed by atoms with Gasteiger partial charge in [0.05, 0.1) is 5.69 Å². The normalized spacial score (nSPS) is 14.3. The second-order valence-corrected chi connectivity index (χ2v) is 17.7. The fourth-order valence-corrected chi connectivity index (χ4v) is 10.5. The van der Waals surface area contributed by atoms with Crippen molar-refractivity contribution in [3.05, 3.63) is 210 Å². The number of hydrogen-bond acceptors (Lipinski definition) is 2.